The SMILES string of the molecule is CCCCCC(C)(C)CNc1ccc(C(N)=S)c(Cl)c1. The predicted molar refractivity (Wildman–Crippen MR) is 93.8 cm³/mol. The van der Waals surface area contributed by atoms with Gasteiger partial charge in [-0.2, -0.15) is 0 Å². The first-order chi connectivity index (χ1) is 9.35. The van der Waals surface area contributed by atoms with Crippen molar-refractivity contribution in [2.45, 2.75) is 46.5 Å². The lowest BCUT2D eigenvalue weighted by atomic mass is 9.87. The number of hydrogen-bond acceptors (Lipinski definition) is 2. The Bertz CT molecular complexity index is 458. The summed E-state index contributed by atoms with van der Waals surface area (Å²) in [6.07, 6.45) is 5.08. The second-order valence-corrected chi connectivity index (χ2v) is 6.88. The number of rotatable bonds is 8. The van der Waals surface area contributed by atoms with Crippen LogP contribution >= 0.6 is 23.8 Å². The predicted octanol–water partition coefficient (Wildman–Crippen LogP) is 4.99. The average molecular weight is 313 g/mol. The lowest BCUT2D eigenvalue weighted by molar-refractivity contribution is 0.342. The third-order valence-corrected chi connectivity index (χ3v) is 4.00. The Morgan fingerprint density at radius 1 is 1.35 bits per heavy atom. The molecule has 0 heterocycles. The van der Waals surface area contributed by atoms with Crippen molar-refractivity contribution in [3.05, 3.63) is 28.8 Å². The third-order valence-electron chi connectivity index (χ3n) is 3.46. The monoisotopic (exact) mass is 312 g/mol. The topological polar surface area (TPSA) is 38.0 Å². The molecule has 1 rings (SSSR count). The first kappa shape index (κ1) is 17.3. The van der Waals surface area contributed by atoms with Crippen molar-refractivity contribution in [1.29, 1.82) is 0 Å². The van der Waals surface area contributed by atoms with Crippen molar-refractivity contribution < 1.29 is 0 Å². The molecule has 4 heteroatoms. The standard InChI is InChI=1S/C16H25ClN2S/c1-4-5-6-9-16(2,3)11-19-12-7-8-13(15(18)20)14(17)10-12/h7-8,10,19H,4-6,9,11H2,1-3H3,(H2,18,20). The highest BCUT2D eigenvalue weighted by Gasteiger charge is 2.17. The third kappa shape index (κ3) is 5.68. The highest BCUT2D eigenvalue weighted by Crippen LogP contribution is 2.26. The van der Waals surface area contributed by atoms with Gasteiger partial charge >= 0.3 is 0 Å². The van der Waals surface area contributed by atoms with E-state index in [9.17, 15) is 0 Å². The molecule has 0 fully saturated rings. The largest absolute Gasteiger partial charge is 0.389 e. The van der Waals surface area contributed by atoms with E-state index in [-0.39, 0.29) is 5.41 Å². The molecule has 20 heavy (non-hydrogen) atoms. The Labute approximate surface area is 133 Å². The summed E-state index contributed by atoms with van der Waals surface area (Å²) in [5, 5.41) is 4.05. The molecule has 1 aromatic carbocycles. The van der Waals surface area contributed by atoms with Crippen molar-refractivity contribution >= 4 is 34.5 Å². The van der Waals surface area contributed by atoms with Crippen LogP contribution in [0.4, 0.5) is 5.69 Å². The number of hydrogen-bond donors (Lipinski definition) is 2. The highest BCUT2D eigenvalue weighted by atomic mass is 35.5. The van der Waals surface area contributed by atoms with Crippen molar-refractivity contribution in [2.75, 3.05) is 11.9 Å². The van der Waals surface area contributed by atoms with Gasteiger partial charge in [0.2, 0.25) is 0 Å². The minimum Gasteiger partial charge on any atom is -0.389 e. The summed E-state index contributed by atoms with van der Waals surface area (Å²) in [6, 6.07) is 5.73. The minimum atomic E-state index is 0.281. The maximum Gasteiger partial charge on any atom is 0.105 e. The van der Waals surface area contributed by atoms with Crippen LogP contribution in [0.5, 0.6) is 0 Å². The van der Waals surface area contributed by atoms with Crippen LogP contribution in [0.3, 0.4) is 0 Å². The molecule has 0 aliphatic rings. The fourth-order valence-electron chi connectivity index (χ4n) is 2.11. The minimum absolute atomic E-state index is 0.281. The molecule has 0 atom stereocenters. The van der Waals surface area contributed by atoms with E-state index >= 15 is 0 Å². The van der Waals surface area contributed by atoms with Crippen molar-refractivity contribution in [3.8, 4) is 0 Å². The molecule has 0 aliphatic heterocycles. The highest BCUT2D eigenvalue weighted by molar-refractivity contribution is 7.80. The first-order valence-electron chi connectivity index (χ1n) is 7.19. The molecule has 0 aliphatic carbocycles. The molecule has 112 valence electrons. The second-order valence-electron chi connectivity index (χ2n) is 6.03. The Balaban J connectivity index is 2.57. The zero-order valence-corrected chi connectivity index (χ0v) is 14.2. The average Bonchev–Trinajstić information content (AvgIpc) is 2.36. The Kier molecular flexibility index (Phi) is 6.77. The quantitative estimate of drug-likeness (QED) is 0.524. The van der Waals surface area contributed by atoms with Gasteiger partial charge in [-0.15, -0.1) is 0 Å². The molecule has 0 amide bonds. The van der Waals surface area contributed by atoms with Gasteiger partial charge in [0.05, 0.1) is 5.02 Å². The number of halogens is 1. The Hall–Kier alpha value is -0.800. The van der Waals surface area contributed by atoms with Crippen molar-refractivity contribution in [2.24, 2.45) is 11.1 Å². The Morgan fingerprint density at radius 3 is 2.60 bits per heavy atom. The summed E-state index contributed by atoms with van der Waals surface area (Å²) in [5.74, 6) is 0. The summed E-state index contributed by atoms with van der Waals surface area (Å²) in [4.78, 5) is 0.335. The van der Waals surface area contributed by atoms with E-state index in [0.29, 0.717) is 10.0 Å². The molecule has 2 nitrogen and oxygen atoms in total. The van der Waals surface area contributed by atoms with Gasteiger partial charge in [-0.05, 0) is 30.0 Å². The summed E-state index contributed by atoms with van der Waals surface area (Å²) in [6.45, 7) is 7.75. The van der Waals surface area contributed by atoms with Crippen molar-refractivity contribution in [3.63, 3.8) is 0 Å². The summed E-state index contributed by atoms with van der Waals surface area (Å²) >= 11 is 11.1. The van der Waals surface area contributed by atoms with Gasteiger partial charge in [-0.3, -0.25) is 0 Å². The lowest BCUT2D eigenvalue weighted by Gasteiger charge is -2.25. The molecule has 0 spiro atoms. The fraction of sp³-hybridized carbons (Fsp3) is 0.562. The van der Waals surface area contributed by atoms with Crippen LogP contribution in [-0.4, -0.2) is 11.5 Å². The van der Waals surface area contributed by atoms with Crippen LogP contribution in [0.1, 0.15) is 52.0 Å². The van der Waals surface area contributed by atoms with E-state index in [1.165, 1.54) is 25.7 Å². The van der Waals surface area contributed by atoms with Gasteiger partial charge in [0.15, 0.2) is 0 Å². The van der Waals surface area contributed by atoms with Gasteiger partial charge < -0.3 is 11.1 Å². The van der Waals surface area contributed by atoms with Crippen LogP contribution in [0.25, 0.3) is 0 Å². The number of nitrogens with two attached hydrogens (primary N) is 1. The molecule has 0 radical (unpaired) electrons. The molecule has 0 aromatic heterocycles. The van der Waals surface area contributed by atoms with Crippen molar-refractivity contribution in [1.82, 2.24) is 0 Å². The molecule has 0 bridgehead atoms. The number of benzene rings is 1. The van der Waals surface area contributed by atoms with Gasteiger partial charge in [0.25, 0.3) is 0 Å². The van der Waals surface area contributed by atoms with Crippen LogP contribution in [0, 0.1) is 5.41 Å². The maximum atomic E-state index is 6.17. The zero-order chi connectivity index (χ0) is 15.2. The summed E-state index contributed by atoms with van der Waals surface area (Å²) in [7, 11) is 0. The molecular weight excluding hydrogens is 288 g/mol. The molecular formula is C16H25ClN2S. The van der Waals surface area contributed by atoms with Crippen LogP contribution in [0.2, 0.25) is 5.02 Å². The van der Waals surface area contributed by atoms with Crippen LogP contribution in [0.15, 0.2) is 18.2 Å². The van der Waals surface area contributed by atoms with E-state index in [1.54, 1.807) is 0 Å². The van der Waals surface area contributed by atoms with E-state index in [0.717, 1.165) is 17.8 Å². The first-order valence-corrected chi connectivity index (χ1v) is 7.97. The molecule has 0 unspecified atom stereocenters. The normalized spacial score (nSPS) is 11.4. The second kappa shape index (κ2) is 7.84. The summed E-state index contributed by atoms with van der Waals surface area (Å²) < 4.78 is 0. The Morgan fingerprint density at radius 2 is 2.05 bits per heavy atom. The number of nitrogens with one attached hydrogen (secondary N) is 1. The molecule has 0 saturated carbocycles. The molecule has 3 N–H and O–H groups in total. The van der Waals surface area contributed by atoms with E-state index in [4.69, 9.17) is 29.6 Å². The van der Waals surface area contributed by atoms with Gasteiger partial charge in [-0.1, -0.05) is 63.9 Å². The van der Waals surface area contributed by atoms with E-state index in [1.807, 2.05) is 18.2 Å². The zero-order valence-electron chi connectivity index (χ0n) is 12.6. The van der Waals surface area contributed by atoms with Gasteiger partial charge in [0, 0.05) is 17.8 Å². The fourth-order valence-corrected chi connectivity index (χ4v) is 2.62. The number of unbranched alkanes of at least 4 members (excludes halogenated alkanes) is 2. The van der Waals surface area contributed by atoms with Crippen LogP contribution in [-0.2, 0) is 0 Å². The smallest absolute Gasteiger partial charge is 0.105 e. The van der Waals surface area contributed by atoms with E-state index in [2.05, 4.69) is 26.1 Å². The van der Waals surface area contributed by atoms with Crippen LogP contribution < -0.4 is 11.1 Å². The maximum absolute atomic E-state index is 6.17. The molecule has 0 saturated heterocycles. The number of anilines is 1. The number of thiocarbonyl (C=S) groups is 1. The lowest BCUT2D eigenvalue weighted by Crippen LogP contribution is -2.23. The van der Waals surface area contributed by atoms with Gasteiger partial charge in [0.1, 0.15) is 4.99 Å². The van der Waals surface area contributed by atoms with Gasteiger partial charge in [-0.25, -0.2) is 0 Å². The molecule has 1 aromatic rings. The van der Waals surface area contributed by atoms with E-state index < -0.39 is 0 Å². The summed E-state index contributed by atoms with van der Waals surface area (Å²) in [5.41, 5.74) is 7.63.